The van der Waals surface area contributed by atoms with E-state index in [1.165, 1.54) is 16.8 Å². The van der Waals surface area contributed by atoms with Gasteiger partial charge in [-0.3, -0.25) is 14.6 Å². The Kier molecular flexibility index (Phi) is 7.00. The maximum Gasteiger partial charge on any atom is 0.303 e. The number of rotatable bonds is 6. The Balaban J connectivity index is 1.42. The molecule has 2 aliphatic rings. The predicted octanol–water partition coefficient (Wildman–Crippen LogP) is 0.603. The minimum absolute atomic E-state index is 0.0364. The summed E-state index contributed by atoms with van der Waals surface area (Å²) in [6, 6.07) is 16.8. The van der Waals surface area contributed by atoms with Gasteiger partial charge in [0.2, 0.25) is 10.0 Å². The number of esters is 1. The molecular formula is C23H28BN3O4S. The van der Waals surface area contributed by atoms with Crippen molar-refractivity contribution in [3.05, 3.63) is 60.2 Å². The van der Waals surface area contributed by atoms with Crippen molar-refractivity contribution < 1.29 is 17.9 Å². The highest BCUT2D eigenvalue weighted by atomic mass is 32.2. The summed E-state index contributed by atoms with van der Waals surface area (Å²) in [7, 11) is 2.28. The van der Waals surface area contributed by atoms with Gasteiger partial charge < -0.3 is 4.74 Å². The van der Waals surface area contributed by atoms with E-state index in [2.05, 4.69) is 21.9 Å². The lowest BCUT2D eigenvalue weighted by Crippen LogP contribution is -2.55. The predicted molar refractivity (Wildman–Crippen MR) is 123 cm³/mol. The molecule has 2 aromatic rings. The van der Waals surface area contributed by atoms with Gasteiger partial charge in [-0.1, -0.05) is 54.0 Å². The standard InChI is InChI=1S/C23H28BN3O4S/c1-18(28)31-22-17-25(15-19-7-3-2-4-8-19)16-21(22)26-11-13-27(14-12-26)32(29,30)23-10-6-5-9-20(23)24/h2-10,21-22H,11-17H2,1H3/t21-,22-/m1/s1. The molecule has 0 aromatic heterocycles. The van der Waals surface area contributed by atoms with Crippen molar-refractivity contribution in [1.29, 1.82) is 0 Å². The van der Waals surface area contributed by atoms with Crippen molar-refractivity contribution in [1.82, 2.24) is 14.1 Å². The monoisotopic (exact) mass is 453 g/mol. The third-order valence-corrected chi connectivity index (χ3v) is 8.13. The van der Waals surface area contributed by atoms with Crippen molar-refractivity contribution in [3.8, 4) is 0 Å². The lowest BCUT2D eigenvalue weighted by molar-refractivity contribution is -0.148. The summed E-state index contributed by atoms with van der Waals surface area (Å²) < 4.78 is 33.2. The Bertz CT molecular complexity index is 1040. The van der Waals surface area contributed by atoms with Crippen LogP contribution in [0.25, 0.3) is 0 Å². The second-order valence-corrected chi connectivity index (χ2v) is 10.3. The minimum atomic E-state index is -3.64. The molecule has 32 heavy (non-hydrogen) atoms. The molecule has 0 unspecified atom stereocenters. The number of hydrogen-bond acceptors (Lipinski definition) is 6. The third-order valence-electron chi connectivity index (χ3n) is 6.16. The Morgan fingerprint density at radius 2 is 1.66 bits per heavy atom. The first-order valence-electron chi connectivity index (χ1n) is 10.9. The van der Waals surface area contributed by atoms with Gasteiger partial charge >= 0.3 is 5.97 Å². The van der Waals surface area contributed by atoms with E-state index >= 15 is 0 Å². The molecule has 0 N–H and O–H groups in total. The van der Waals surface area contributed by atoms with E-state index in [4.69, 9.17) is 12.6 Å². The van der Waals surface area contributed by atoms with E-state index in [1.54, 1.807) is 24.3 Å². The van der Waals surface area contributed by atoms with Gasteiger partial charge in [-0.25, -0.2) is 8.42 Å². The van der Waals surface area contributed by atoms with Crippen LogP contribution in [-0.4, -0.2) is 87.8 Å². The molecule has 0 aliphatic carbocycles. The SMILES string of the molecule is [B]c1ccccc1S(=O)(=O)N1CCN([C@@H]2CN(Cc3ccccc3)C[C@H]2OC(C)=O)CC1. The topological polar surface area (TPSA) is 70.2 Å². The molecule has 7 nitrogen and oxygen atoms in total. The number of piperazine rings is 1. The van der Waals surface area contributed by atoms with Crippen LogP contribution in [-0.2, 0) is 26.1 Å². The normalized spacial score (nSPS) is 23.3. The maximum absolute atomic E-state index is 13.1. The van der Waals surface area contributed by atoms with Gasteiger partial charge in [0.05, 0.1) is 10.9 Å². The molecule has 2 aromatic carbocycles. The number of carbonyl (C=O) groups excluding carboxylic acids is 1. The Labute approximate surface area is 191 Å². The summed E-state index contributed by atoms with van der Waals surface area (Å²) in [5.74, 6) is -0.290. The van der Waals surface area contributed by atoms with Crippen LogP contribution in [0.4, 0.5) is 0 Å². The van der Waals surface area contributed by atoms with E-state index in [9.17, 15) is 13.2 Å². The molecule has 0 spiro atoms. The Morgan fingerprint density at radius 1 is 1.00 bits per heavy atom. The van der Waals surface area contributed by atoms with Crippen LogP contribution in [0.3, 0.4) is 0 Å². The molecule has 0 bridgehead atoms. The molecular weight excluding hydrogens is 425 g/mol. The number of benzene rings is 2. The maximum atomic E-state index is 13.1. The first kappa shape index (κ1) is 23.0. The zero-order valence-corrected chi connectivity index (χ0v) is 19.1. The van der Waals surface area contributed by atoms with Crippen LogP contribution in [0.2, 0.25) is 0 Å². The van der Waals surface area contributed by atoms with Gasteiger partial charge in [-0.15, -0.1) is 0 Å². The summed E-state index contributed by atoms with van der Waals surface area (Å²) >= 11 is 0. The van der Waals surface area contributed by atoms with E-state index in [0.717, 1.165) is 13.1 Å². The fourth-order valence-electron chi connectivity index (χ4n) is 4.61. The molecule has 168 valence electrons. The first-order chi connectivity index (χ1) is 15.3. The number of carbonyl (C=O) groups is 1. The van der Waals surface area contributed by atoms with Crippen molar-refractivity contribution in [3.63, 3.8) is 0 Å². The fourth-order valence-corrected chi connectivity index (χ4v) is 6.15. The summed E-state index contributed by atoms with van der Waals surface area (Å²) in [6.07, 6.45) is -0.232. The average Bonchev–Trinajstić information content (AvgIpc) is 3.16. The lowest BCUT2D eigenvalue weighted by Gasteiger charge is -2.39. The second-order valence-electron chi connectivity index (χ2n) is 8.37. The summed E-state index contributed by atoms with van der Waals surface area (Å²) in [6.45, 7) is 5.56. The molecule has 9 heteroatoms. The molecule has 4 rings (SSSR count). The van der Waals surface area contributed by atoms with Crippen molar-refractivity contribution in [2.45, 2.75) is 30.5 Å². The second kappa shape index (κ2) is 9.74. The number of ether oxygens (including phenoxy) is 1. The number of likely N-dealkylation sites (tertiary alicyclic amines) is 1. The quantitative estimate of drug-likeness (QED) is 0.472. The van der Waals surface area contributed by atoms with Gasteiger partial charge in [0.1, 0.15) is 14.0 Å². The van der Waals surface area contributed by atoms with Crippen LogP contribution in [0.15, 0.2) is 59.5 Å². The average molecular weight is 453 g/mol. The molecule has 2 saturated heterocycles. The summed E-state index contributed by atoms with van der Waals surface area (Å²) in [4.78, 5) is 16.4. The molecule has 2 radical (unpaired) electrons. The van der Waals surface area contributed by atoms with E-state index in [1.807, 2.05) is 18.2 Å². The Morgan fingerprint density at radius 3 is 2.31 bits per heavy atom. The smallest absolute Gasteiger partial charge is 0.303 e. The van der Waals surface area contributed by atoms with E-state index < -0.39 is 10.0 Å². The summed E-state index contributed by atoms with van der Waals surface area (Å²) in [5, 5.41) is 0. The van der Waals surface area contributed by atoms with Crippen LogP contribution in [0, 0.1) is 0 Å². The van der Waals surface area contributed by atoms with Gasteiger partial charge in [-0.2, -0.15) is 4.31 Å². The van der Waals surface area contributed by atoms with Crippen LogP contribution in [0.5, 0.6) is 0 Å². The highest BCUT2D eigenvalue weighted by Gasteiger charge is 2.41. The highest BCUT2D eigenvalue weighted by molar-refractivity contribution is 7.89. The van der Waals surface area contributed by atoms with Crippen LogP contribution >= 0.6 is 0 Å². The number of sulfonamides is 1. The number of hydrogen-bond donors (Lipinski definition) is 0. The first-order valence-corrected chi connectivity index (χ1v) is 12.3. The van der Waals surface area contributed by atoms with Crippen molar-refractivity contribution in [2.24, 2.45) is 0 Å². The fraction of sp³-hybridized carbons (Fsp3) is 0.435. The lowest BCUT2D eigenvalue weighted by atomic mass is 9.97. The van der Waals surface area contributed by atoms with Crippen LogP contribution < -0.4 is 5.46 Å². The van der Waals surface area contributed by atoms with Gasteiger partial charge in [0.15, 0.2) is 0 Å². The van der Waals surface area contributed by atoms with E-state index in [0.29, 0.717) is 32.7 Å². The molecule has 2 heterocycles. The van der Waals surface area contributed by atoms with E-state index in [-0.39, 0.29) is 28.5 Å². The third kappa shape index (κ3) is 5.06. The molecule has 0 amide bonds. The van der Waals surface area contributed by atoms with Crippen molar-refractivity contribution >= 4 is 29.3 Å². The van der Waals surface area contributed by atoms with Gasteiger partial charge in [-0.05, 0) is 11.6 Å². The minimum Gasteiger partial charge on any atom is -0.459 e. The zero-order chi connectivity index (χ0) is 22.7. The van der Waals surface area contributed by atoms with Crippen LogP contribution in [0.1, 0.15) is 12.5 Å². The molecule has 2 fully saturated rings. The highest BCUT2D eigenvalue weighted by Crippen LogP contribution is 2.24. The molecule has 0 saturated carbocycles. The zero-order valence-electron chi connectivity index (χ0n) is 18.3. The van der Waals surface area contributed by atoms with Crippen molar-refractivity contribution in [2.75, 3.05) is 39.3 Å². The molecule has 2 atom stereocenters. The Hall–Kier alpha value is -2.20. The molecule has 2 aliphatic heterocycles. The number of nitrogens with zero attached hydrogens (tertiary/aromatic N) is 3. The summed E-state index contributed by atoms with van der Waals surface area (Å²) in [5.41, 5.74) is 1.48. The van der Waals surface area contributed by atoms with Gasteiger partial charge in [0.25, 0.3) is 0 Å². The van der Waals surface area contributed by atoms with Gasteiger partial charge in [0, 0.05) is 52.7 Å². The largest absolute Gasteiger partial charge is 0.459 e.